The number of rotatable bonds is 6. The lowest BCUT2D eigenvalue weighted by Crippen LogP contribution is -2.20. The van der Waals surface area contributed by atoms with Crippen LogP contribution in [0.3, 0.4) is 0 Å². The number of nitrogens with one attached hydrogen (secondary N) is 2. The molecule has 2 N–H and O–H groups in total. The number of hydrogen-bond acceptors (Lipinski definition) is 5. The molecule has 3 rings (SSSR count). The number of carbonyl (C=O) groups excluding carboxylic acids is 1. The lowest BCUT2D eigenvalue weighted by Gasteiger charge is -2.08. The van der Waals surface area contributed by atoms with Crippen molar-refractivity contribution in [3.05, 3.63) is 71.1 Å². The van der Waals surface area contributed by atoms with Crippen LogP contribution in [-0.2, 0) is 16.6 Å². The summed E-state index contributed by atoms with van der Waals surface area (Å²) < 4.78 is 27.7. The lowest BCUT2D eigenvalue weighted by atomic mass is 10.2. The predicted octanol–water partition coefficient (Wildman–Crippen LogP) is 2.14. The van der Waals surface area contributed by atoms with Crippen molar-refractivity contribution in [2.24, 2.45) is 0 Å². The summed E-state index contributed by atoms with van der Waals surface area (Å²) in [6, 6.07) is 9.29. The molecule has 3 aromatic rings. The number of anilines is 1. The summed E-state index contributed by atoms with van der Waals surface area (Å²) in [5, 5.41) is 7.04. The van der Waals surface area contributed by atoms with Gasteiger partial charge in [0.2, 0.25) is 10.0 Å². The van der Waals surface area contributed by atoms with Crippen molar-refractivity contribution >= 4 is 33.3 Å². The highest BCUT2D eigenvalue weighted by Gasteiger charge is 2.18. The Morgan fingerprint density at radius 2 is 1.93 bits per heavy atom. The first-order valence-electron chi connectivity index (χ1n) is 7.86. The second-order valence-electron chi connectivity index (χ2n) is 5.56. The van der Waals surface area contributed by atoms with Gasteiger partial charge in [-0.25, -0.2) is 13.1 Å². The van der Waals surface area contributed by atoms with Gasteiger partial charge in [-0.2, -0.15) is 5.10 Å². The quantitative estimate of drug-likeness (QED) is 0.653. The molecule has 0 aliphatic heterocycles. The molecule has 0 bridgehead atoms. The number of pyridine rings is 1. The first kappa shape index (κ1) is 19.0. The van der Waals surface area contributed by atoms with Crippen LogP contribution in [0.4, 0.5) is 5.82 Å². The van der Waals surface area contributed by atoms with E-state index in [9.17, 15) is 13.2 Å². The van der Waals surface area contributed by atoms with E-state index in [0.717, 1.165) is 5.56 Å². The Bertz CT molecular complexity index is 1070. The molecule has 0 aliphatic carbocycles. The second kappa shape index (κ2) is 7.87. The third-order valence-corrected chi connectivity index (χ3v) is 5.48. The number of amides is 1. The third-order valence-electron chi connectivity index (χ3n) is 3.74. The van der Waals surface area contributed by atoms with Crippen LogP contribution in [-0.4, -0.2) is 36.1 Å². The van der Waals surface area contributed by atoms with E-state index < -0.39 is 15.9 Å². The zero-order valence-corrected chi connectivity index (χ0v) is 15.8. The molecule has 140 valence electrons. The monoisotopic (exact) mass is 405 g/mol. The van der Waals surface area contributed by atoms with Gasteiger partial charge in [-0.15, -0.1) is 0 Å². The number of hydrogen-bond donors (Lipinski definition) is 2. The zero-order chi connectivity index (χ0) is 19.4. The molecule has 0 atom stereocenters. The van der Waals surface area contributed by atoms with E-state index in [1.54, 1.807) is 29.3 Å². The number of aromatic nitrogens is 3. The number of carbonyl (C=O) groups is 1. The first-order chi connectivity index (χ1) is 12.9. The van der Waals surface area contributed by atoms with E-state index in [0.29, 0.717) is 12.4 Å². The Morgan fingerprint density at radius 3 is 2.63 bits per heavy atom. The molecule has 0 radical (unpaired) electrons. The SMILES string of the molecule is CNS(=O)(=O)c1ccc(Cl)c(C(=O)Nc2ccn(Cc3ccncc3)n2)c1. The van der Waals surface area contributed by atoms with Crippen molar-refractivity contribution in [2.75, 3.05) is 12.4 Å². The van der Waals surface area contributed by atoms with Gasteiger partial charge < -0.3 is 5.32 Å². The molecule has 0 unspecified atom stereocenters. The van der Waals surface area contributed by atoms with Crippen LogP contribution in [0.2, 0.25) is 5.02 Å². The summed E-state index contributed by atoms with van der Waals surface area (Å²) in [4.78, 5) is 16.4. The smallest absolute Gasteiger partial charge is 0.258 e. The van der Waals surface area contributed by atoms with E-state index >= 15 is 0 Å². The summed E-state index contributed by atoms with van der Waals surface area (Å²) in [6.45, 7) is 0.523. The molecule has 8 nitrogen and oxygen atoms in total. The number of benzene rings is 1. The van der Waals surface area contributed by atoms with Gasteiger partial charge in [0.05, 0.1) is 22.0 Å². The third kappa shape index (κ3) is 4.51. The molecule has 1 amide bonds. The van der Waals surface area contributed by atoms with Gasteiger partial charge in [-0.05, 0) is 42.9 Å². The Morgan fingerprint density at radius 1 is 1.19 bits per heavy atom. The number of halogens is 1. The highest BCUT2D eigenvalue weighted by molar-refractivity contribution is 7.89. The molecule has 0 saturated heterocycles. The Labute approximate surface area is 161 Å². The van der Waals surface area contributed by atoms with E-state index in [1.807, 2.05) is 12.1 Å². The minimum atomic E-state index is -3.69. The first-order valence-corrected chi connectivity index (χ1v) is 9.72. The topological polar surface area (TPSA) is 106 Å². The van der Waals surface area contributed by atoms with Crippen molar-refractivity contribution < 1.29 is 13.2 Å². The van der Waals surface area contributed by atoms with Gasteiger partial charge in [0, 0.05) is 24.7 Å². The van der Waals surface area contributed by atoms with E-state index in [4.69, 9.17) is 11.6 Å². The molecule has 0 fully saturated rings. The highest BCUT2D eigenvalue weighted by atomic mass is 35.5. The van der Waals surface area contributed by atoms with E-state index in [1.165, 1.54) is 25.2 Å². The fourth-order valence-electron chi connectivity index (χ4n) is 2.34. The zero-order valence-electron chi connectivity index (χ0n) is 14.3. The van der Waals surface area contributed by atoms with Gasteiger partial charge in [0.1, 0.15) is 0 Å². The van der Waals surface area contributed by atoms with Gasteiger partial charge >= 0.3 is 0 Å². The fourth-order valence-corrected chi connectivity index (χ4v) is 3.30. The minimum absolute atomic E-state index is 0.0386. The largest absolute Gasteiger partial charge is 0.305 e. The van der Waals surface area contributed by atoms with Crippen LogP contribution in [0.1, 0.15) is 15.9 Å². The van der Waals surface area contributed by atoms with Gasteiger partial charge in [-0.1, -0.05) is 11.6 Å². The standard InChI is InChI=1S/C17H16ClN5O3S/c1-19-27(25,26)13-2-3-15(18)14(10-13)17(24)21-16-6-9-23(22-16)11-12-4-7-20-8-5-12/h2-10,19H,11H2,1H3,(H,21,22,24). The molecule has 2 heterocycles. The van der Waals surface area contributed by atoms with Crippen molar-refractivity contribution in [3.8, 4) is 0 Å². The molecule has 0 saturated carbocycles. The Balaban J connectivity index is 1.77. The molecule has 1 aromatic carbocycles. The van der Waals surface area contributed by atoms with Gasteiger partial charge in [0.15, 0.2) is 5.82 Å². The Kier molecular flexibility index (Phi) is 5.54. The predicted molar refractivity (Wildman–Crippen MR) is 101 cm³/mol. The van der Waals surface area contributed by atoms with E-state index in [2.05, 4.69) is 20.1 Å². The van der Waals surface area contributed by atoms with Crippen LogP contribution in [0.25, 0.3) is 0 Å². The van der Waals surface area contributed by atoms with E-state index in [-0.39, 0.29) is 15.5 Å². The molecule has 2 aromatic heterocycles. The maximum absolute atomic E-state index is 12.5. The van der Waals surface area contributed by atoms with Crippen molar-refractivity contribution in [2.45, 2.75) is 11.4 Å². The van der Waals surface area contributed by atoms with Crippen LogP contribution < -0.4 is 10.0 Å². The fraction of sp³-hybridized carbons (Fsp3) is 0.118. The summed E-state index contributed by atoms with van der Waals surface area (Å²) in [7, 11) is -2.40. The maximum Gasteiger partial charge on any atom is 0.258 e. The van der Waals surface area contributed by atoms with Crippen molar-refractivity contribution in [1.82, 2.24) is 19.5 Å². The van der Waals surface area contributed by atoms with Gasteiger partial charge in [0.25, 0.3) is 5.91 Å². The van der Waals surface area contributed by atoms with Crippen LogP contribution in [0.5, 0.6) is 0 Å². The number of sulfonamides is 1. The molecule has 10 heteroatoms. The molecule has 27 heavy (non-hydrogen) atoms. The lowest BCUT2D eigenvalue weighted by molar-refractivity contribution is 0.102. The van der Waals surface area contributed by atoms with Crippen LogP contribution in [0.15, 0.2) is 59.9 Å². The second-order valence-corrected chi connectivity index (χ2v) is 7.85. The van der Waals surface area contributed by atoms with Crippen molar-refractivity contribution in [1.29, 1.82) is 0 Å². The average molecular weight is 406 g/mol. The number of nitrogens with zero attached hydrogens (tertiary/aromatic N) is 3. The summed E-state index contributed by atoms with van der Waals surface area (Å²) >= 11 is 6.06. The van der Waals surface area contributed by atoms with Crippen LogP contribution >= 0.6 is 11.6 Å². The van der Waals surface area contributed by atoms with Gasteiger partial charge in [-0.3, -0.25) is 14.5 Å². The molecule has 0 aliphatic rings. The summed E-state index contributed by atoms with van der Waals surface area (Å²) in [5.41, 5.74) is 1.05. The van der Waals surface area contributed by atoms with Crippen LogP contribution in [0, 0.1) is 0 Å². The normalized spacial score (nSPS) is 11.3. The summed E-state index contributed by atoms with van der Waals surface area (Å²) in [5.74, 6) is -0.227. The Hall–Kier alpha value is -2.75. The summed E-state index contributed by atoms with van der Waals surface area (Å²) in [6.07, 6.45) is 5.10. The average Bonchev–Trinajstić information content (AvgIpc) is 3.09. The highest BCUT2D eigenvalue weighted by Crippen LogP contribution is 2.21. The maximum atomic E-state index is 12.5. The molecular weight excluding hydrogens is 390 g/mol. The molecular formula is C17H16ClN5O3S. The molecule has 0 spiro atoms. The van der Waals surface area contributed by atoms with Crippen molar-refractivity contribution in [3.63, 3.8) is 0 Å². The minimum Gasteiger partial charge on any atom is -0.305 e.